The number of hydrogen-bond donors (Lipinski definition) is 0. The molecule has 0 spiro atoms. The number of rotatable bonds is 4. The maximum Gasteiger partial charge on any atom is 0.113 e. The first-order chi connectivity index (χ1) is 4.68. The number of hydrogen-bond acceptors (Lipinski definition) is 1. The van der Waals surface area contributed by atoms with Gasteiger partial charge in [0.15, 0.2) is 0 Å². The Morgan fingerprint density at radius 2 is 2.00 bits per heavy atom. The highest BCUT2D eigenvalue weighted by molar-refractivity contribution is 8.36. The second-order valence-electron chi connectivity index (χ2n) is 2.71. The van der Waals surface area contributed by atoms with Gasteiger partial charge in [-0.05, 0) is 24.2 Å². The molecule has 0 aliphatic heterocycles. The zero-order valence-electron chi connectivity index (χ0n) is 7.18. The van der Waals surface area contributed by atoms with Gasteiger partial charge in [0.2, 0.25) is 0 Å². The van der Waals surface area contributed by atoms with Crippen molar-refractivity contribution in [3.63, 3.8) is 0 Å². The van der Waals surface area contributed by atoms with E-state index in [0.29, 0.717) is 0 Å². The highest BCUT2D eigenvalue weighted by Crippen LogP contribution is 2.42. The third-order valence-electron chi connectivity index (χ3n) is 1.81. The van der Waals surface area contributed by atoms with Gasteiger partial charge >= 0.3 is 0 Å². The lowest BCUT2D eigenvalue weighted by Gasteiger charge is -2.24. The van der Waals surface area contributed by atoms with Crippen LogP contribution in [0.15, 0.2) is 0 Å². The molecule has 60 valence electrons. The van der Waals surface area contributed by atoms with Gasteiger partial charge in [-0.25, -0.2) is 0 Å². The van der Waals surface area contributed by atoms with Gasteiger partial charge in [-0.3, -0.25) is 0 Å². The Kier molecular flexibility index (Phi) is 4.55. The standard InChI is InChI=1S/C8H17NS/c1-4-6-7-10(3,5-2)8-9/h4-7H2,1-3H3. The summed E-state index contributed by atoms with van der Waals surface area (Å²) >= 11 is 0. The van der Waals surface area contributed by atoms with Gasteiger partial charge in [0, 0.05) is 0 Å². The Balaban J connectivity index is 3.72. The fraction of sp³-hybridized carbons (Fsp3) is 0.875. The largest absolute Gasteiger partial charge is 0.187 e. The summed E-state index contributed by atoms with van der Waals surface area (Å²) in [5.74, 6) is 2.19. The van der Waals surface area contributed by atoms with Crippen LogP contribution in [0.5, 0.6) is 0 Å². The quantitative estimate of drug-likeness (QED) is 0.579. The van der Waals surface area contributed by atoms with E-state index in [-0.39, 0.29) is 0 Å². The van der Waals surface area contributed by atoms with E-state index >= 15 is 0 Å². The van der Waals surface area contributed by atoms with Crippen molar-refractivity contribution in [2.24, 2.45) is 0 Å². The monoisotopic (exact) mass is 159 g/mol. The molecule has 0 saturated carbocycles. The number of nitriles is 1. The predicted octanol–water partition coefficient (Wildman–Crippen LogP) is 2.72. The first-order valence-electron chi connectivity index (χ1n) is 3.83. The van der Waals surface area contributed by atoms with Gasteiger partial charge in [-0.1, -0.05) is 20.3 Å². The van der Waals surface area contributed by atoms with Gasteiger partial charge in [0.1, 0.15) is 5.40 Å². The molecule has 10 heavy (non-hydrogen) atoms. The minimum Gasteiger partial charge on any atom is -0.187 e. The second kappa shape index (κ2) is 4.62. The third kappa shape index (κ3) is 3.12. The van der Waals surface area contributed by atoms with Crippen molar-refractivity contribution < 1.29 is 0 Å². The van der Waals surface area contributed by atoms with Crippen LogP contribution in [-0.4, -0.2) is 17.8 Å². The van der Waals surface area contributed by atoms with Crippen LogP contribution in [0, 0.1) is 10.7 Å². The minimum atomic E-state index is -0.871. The summed E-state index contributed by atoms with van der Waals surface area (Å²) in [4.78, 5) is 0. The van der Waals surface area contributed by atoms with Crippen molar-refractivity contribution >= 4 is 10.0 Å². The summed E-state index contributed by atoms with van der Waals surface area (Å²) in [6, 6.07) is 0. The molecule has 0 N–H and O–H groups in total. The average molecular weight is 159 g/mol. The Bertz CT molecular complexity index is 128. The van der Waals surface area contributed by atoms with Crippen molar-refractivity contribution in [3.8, 4) is 5.40 Å². The third-order valence-corrected chi connectivity index (χ3v) is 4.71. The molecule has 0 aromatic heterocycles. The van der Waals surface area contributed by atoms with E-state index in [4.69, 9.17) is 5.26 Å². The molecule has 1 unspecified atom stereocenters. The van der Waals surface area contributed by atoms with Crippen LogP contribution in [-0.2, 0) is 0 Å². The molecule has 0 bridgehead atoms. The minimum absolute atomic E-state index is 0.871. The first kappa shape index (κ1) is 9.84. The van der Waals surface area contributed by atoms with E-state index in [9.17, 15) is 0 Å². The molecule has 0 heterocycles. The molecule has 0 saturated heterocycles. The highest BCUT2D eigenvalue weighted by Gasteiger charge is 2.12. The molecule has 1 atom stereocenters. The highest BCUT2D eigenvalue weighted by atomic mass is 32.3. The first-order valence-corrected chi connectivity index (χ1v) is 6.21. The molecule has 0 aromatic rings. The molecule has 0 aliphatic rings. The molecule has 0 radical (unpaired) electrons. The van der Waals surface area contributed by atoms with Gasteiger partial charge in [0.25, 0.3) is 0 Å². The smallest absolute Gasteiger partial charge is 0.113 e. The molecule has 2 heteroatoms. The lowest BCUT2D eigenvalue weighted by molar-refractivity contribution is 0.892. The van der Waals surface area contributed by atoms with E-state index in [1.807, 2.05) is 0 Å². The second-order valence-corrected chi connectivity index (χ2v) is 6.43. The molecule has 0 aliphatic carbocycles. The van der Waals surface area contributed by atoms with Gasteiger partial charge in [-0.2, -0.15) is 15.3 Å². The molecule has 0 amide bonds. The molecule has 0 rings (SSSR count). The predicted molar refractivity (Wildman–Crippen MR) is 49.4 cm³/mol. The van der Waals surface area contributed by atoms with Crippen molar-refractivity contribution in [3.05, 3.63) is 0 Å². The molecule has 0 aromatic carbocycles. The van der Waals surface area contributed by atoms with Crippen molar-refractivity contribution in [2.45, 2.75) is 26.7 Å². The van der Waals surface area contributed by atoms with Crippen LogP contribution < -0.4 is 0 Å². The van der Waals surface area contributed by atoms with E-state index in [1.54, 1.807) is 0 Å². The van der Waals surface area contributed by atoms with Crippen LogP contribution in [0.25, 0.3) is 0 Å². The van der Waals surface area contributed by atoms with Crippen LogP contribution in [0.3, 0.4) is 0 Å². The maximum atomic E-state index is 8.80. The fourth-order valence-electron chi connectivity index (χ4n) is 0.717. The van der Waals surface area contributed by atoms with E-state index in [2.05, 4.69) is 25.5 Å². The fourth-order valence-corrected chi connectivity index (χ4v) is 2.15. The zero-order valence-corrected chi connectivity index (χ0v) is 8.00. The summed E-state index contributed by atoms with van der Waals surface area (Å²) in [6.07, 6.45) is 4.56. The van der Waals surface area contributed by atoms with Crippen LogP contribution in [0.1, 0.15) is 26.7 Å². The van der Waals surface area contributed by atoms with Crippen molar-refractivity contribution in [2.75, 3.05) is 17.8 Å². The number of nitrogens with zero attached hydrogens (tertiary/aromatic N) is 1. The Morgan fingerprint density at radius 1 is 1.40 bits per heavy atom. The van der Waals surface area contributed by atoms with Crippen LogP contribution in [0.4, 0.5) is 0 Å². The zero-order chi connectivity index (χ0) is 8.04. The Labute approximate surface area is 65.7 Å². The molecular weight excluding hydrogens is 142 g/mol. The normalized spacial score (nSPS) is 19.0. The lowest BCUT2D eigenvalue weighted by atomic mass is 10.4. The SMILES string of the molecule is CCCCS(C)(C#N)CC. The summed E-state index contributed by atoms with van der Waals surface area (Å²) in [5, 5.41) is 11.2. The van der Waals surface area contributed by atoms with E-state index in [0.717, 1.165) is 11.5 Å². The summed E-state index contributed by atoms with van der Waals surface area (Å²) in [5.41, 5.74) is 0. The van der Waals surface area contributed by atoms with Gasteiger partial charge in [0.05, 0.1) is 0 Å². The topological polar surface area (TPSA) is 23.8 Å². The van der Waals surface area contributed by atoms with Crippen LogP contribution in [0.2, 0.25) is 0 Å². The summed E-state index contributed by atoms with van der Waals surface area (Å²) < 4.78 is 0. The lowest BCUT2D eigenvalue weighted by Crippen LogP contribution is -2.02. The maximum absolute atomic E-state index is 8.80. The summed E-state index contributed by atoms with van der Waals surface area (Å²) in [6.45, 7) is 4.29. The van der Waals surface area contributed by atoms with Gasteiger partial charge < -0.3 is 0 Å². The molecule has 1 nitrogen and oxygen atoms in total. The number of thiocyanates is 1. The Hall–Kier alpha value is -0.160. The number of unbranched alkanes of at least 4 members (excludes halogenated alkanes) is 1. The summed E-state index contributed by atoms with van der Waals surface area (Å²) in [7, 11) is -0.871. The van der Waals surface area contributed by atoms with Crippen molar-refractivity contribution in [1.29, 1.82) is 5.26 Å². The van der Waals surface area contributed by atoms with Crippen LogP contribution >= 0.6 is 10.0 Å². The van der Waals surface area contributed by atoms with Crippen molar-refractivity contribution in [1.82, 2.24) is 0 Å². The Morgan fingerprint density at radius 3 is 2.30 bits per heavy atom. The van der Waals surface area contributed by atoms with Gasteiger partial charge in [-0.15, -0.1) is 0 Å². The van der Waals surface area contributed by atoms with E-state index in [1.165, 1.54) is 12.8 Å². The van der Waals surface area contributed by atoms with E-state index < -0.39 is 10.0 Å². The average Bonchev–Trinajstić information content (AvgIpc) is 2.00. The molecule has 0 fully saturated rings. The molecular formula is C8H17NS.